The Morgan fingerprint density at radius 3 is 2.94 bits per heavy atom. The van der Waals surface area contributed by atoms with Gasteiger partial charge in [0.15, 0.2) is 0 Å². The lowest BCUT2D eigenvalue weighted by Crippen LogP contribution is -2.37. The molecule has 1 heterocycles. The minimum atomic E-state index is 0.215. The molecule has 0 bridgehead atoms. The van der Waals surface area contributed by atoms with Gasteiger partial charge in [-0.1, -0.05) is 13.3 Å². The molecule has 0 spiro atoms. The number of nitrogens with one attached hydrogen (secondary N) is 1. The van der Waals surface area contributed by atoms with Gasteiger partial charge in [0.25, 0.3) is 0 Å². The van der Waals surface area contributed by atoms with Gasteiger partial charge in [0.2, 0.25) is 5.91 Å². The van der Waals surface area contributed by atoms with Crippen LogP contribution in [0.4, 0.5) is 0 Å². The average Bonchev–Trinajstić information content (AvgIpc) is 2.78. The fourth-order valence-electron chi connectivity index (χ4n) is 2.68. The first kappa shape index (κ1) is 11.3. The van der Waals surface area contributed by atoms with Gasteiger partial charge in [-0.25, -0.2) is 0 Å². The second-order valence-corrected chi connectivity index (χ2v) is 6.27. The summed E-state index contributed by atoms with van der Waals surface area (Å²) in [5.74, 6) is 1.72. The highest BCUT2D eigenvalue weighted by Crippen LogP contribution is 2.42. The van der Waals surface area contributed by atoms with E-state index in [9.17, 15) is 4.79 Å². The van der Waals surface area contributed by atoms with Crippen molar-refractivity contribution < 1.29 is 4.79 Å². The van der Waals surface area contributed by atoms with Crippen molar-refractivity contribution in [3.8, 4) is 0 Å². The van der Waals surface area contributed by atoms with Gasteiger partial charge in [0, 0.05) is 17.9 Å². The summed E-state index contributed by atoms with van der Waals surface area (Å²) in [5.41, 5.74) is 1.40. The second-order valence-electron chi connectivity index (χ2n) is 5.49. The third-order valence-electron chi connectivity index (χ3n) is 4.36. The summed E-state index contributed by atoms with van der Waals surface area (Å²) in [6.07, 6.45) is 4.92. The smallest absolute Gasteiger partial charge is 0.223 e. The van der Waals surface area contributed by atoms with Gasteiger partial charge < -0.3 is 5.32 Å². The zero-order valence-corrected chi connectivity index (χ0v) is 11.0. The van der Waals surface area contributed by atoms with Crippen LogP contribution in [0.5, 0.6) is 0 Å². The highest BCUT2D eigenvalue weighted by molar-refractivity contribution is 7.08. The molecule has 0 radical (unpaired) electrons. The summed E-state index contributed by atoms with van der Waals surface area (Å²) in [6.45, 7) is 2.08. The highest BCUT2D eigenvalue weighted by Gasteiger charge is 2.41. The minimum absolute atomic E-state index is 0.215. The molecule has 0 aromatic carbocycles. The lowest BCUT2D eigenvalue weighted by Gasteiger charge is -2.30. The third kappa shape index (κ3) is 2.25. The first-order valence-corrected chi connectivity index (χ1v) is 7.52. The van der Waals surface area contributed by atoms with Crippen LogP contribution in [-0.4, -0.2) is 11.9 Å². The SMILES string of the molecule is CC(C(=O)N[C@@H]1C[C@H]1c1ccsc1)C1CCC1. The van der Waals surface area contributed by atoms with Gasteiger partial charge in [-0.15, -0.1) is 0 Å². The summed E-state index contributed by atoms with van der Waals surface area (Å²) in [6, 6.07) is 2.58. The van der Waals surface area contributed by atoms with Crippen LogP contribution in [-0.2, 0) is 4.79 Å². The number of rotatable bonds is 4. The number of thiophene rings is 1. The lowest BCUT2D eigenvalue weighted by atomic mass is 9.76. The predicted octanol–water partition coefficient (Wildman–Crippen LogP) is 3.16. The molecule has 2 aliphatic rings. The number of hydrogen-bond acceptors (Lipinski definition) is 2. The molecular weight excluding hydrogens is 230 g/mol. The van der Waals surface area contributed by atoms with E-state index in [0.717, 1.165) is 6.42 Å². The van der Waals surface area contributed by atoms with Gasteiger partial charge >= 0.3 is 0 Å². The third-order valence-corrected chi connectivity index (χ3v) is 5.06. The average molecular weight is 249 g/mol. The van der Waals surface area contributed by atoms with Crippen molar-refractivity contribution in [1.82, 2.24) is 5.32 Å². The van der Waals surface area contributed by atoms with E-state index in [1.54, 1.807) is 11.3 Å². The van der Waals surface area contributed by atoms with Crippen LogP contribution >= 0.6 is 11.3 Å². The molecule has 2 aliphatic carbocycles. The maximum atomic E-state index is 12.0. The van der Waals surface area contributed by atoms with Crippen molar-refractivity contribution in [1.29, 1.82) is 0 Å². The van der Waals surface area contributed by atoms with Crippen molar-refractivity contribution in [3.63, 3.8) is 0 Å². The molecule has 1 aromatic heterocycles. The molecule has 3 rings (SSSR count). The van der Waals surface area contributed by atoms with Gasteiger partial charge in [0.1, 0.15) is 0 Å². The fourth-order valence-corrected chi connectivity index (χ4v) is 3.40. The molecule has 1 N–H and O–H groups in total. The van der Waals surface area contributed by atoms with Gasteiger partial charge in [-0.05, 0) is 47.6 Å². The summed E-state index contributed by atoms with van der Waals surface area (Å²) >= 11 is 1.74. The van der Waals surface area contributed by atoms with Crippen LogP contribution in [0.25, 0.3) is 0 Å². The van der Waals surface area contributed by atoms with E-state index in [2.05, 4.69) is 29.1 Å². The van der Waals surface area contributed by atoms with Crippen LogP contribution in [0.3, 0.4) is 0 Å². The molecule has 2 fully saturated rings. The van der Waals surface area contributed by atoms with Crippen LogP contribution < -0.4 is 5.32 Å². The molecule has 3 atom stereocenters. The van der Waals surface area contributed by atoms with E-state index in [1.807, 2.05) is 0 Å². The molecule has 1 aromatic rings. The minimum Gasteiger partial charge on any atom is -0.352 e. The molecule has 92 valence electrons. The molecule has 2 saturated carbocycles. The fraction of sp³-hybridized carbons (Fsp3) is 0.643. The Bertz CT molecular complexity index is 396. The van der Waals surface area contributed by atoms with Crippen LogP contribution in [0.15, 0.2) is 16.8 Å². The molecule has 1 unspecified atom stereocenters. The second kappa shape index (κ2) is 4.45. The molecule has 0 saturated heterocycles. The van der Waals surface area contributed by atoms with Gasteiger partial charge in [-0.3, -0.25) is 4.79 Å². The van der Waals surface area contributed by atoms with E-state index >= 15 is 0 Å². The van der Waals surface area contributed by atoms with E-state index in [4.69, 9.17) is 0 Å². The molecule has 1 amide bonds. The zero-order valence-electron chi connectivity index (χ0n) is 10.2. The predicted molar refractivity (Wildman–Crippen MR) is 70.1 cm³/mol. The van der Waals surface area contributed by atoms with Crippen LogP contribution in [0.2, 0.25) is 0 Å². The first-order chi connectivity index (χ1) is 8.25. The standard InChI is InChI=1S/C14H19NOS/c1-9(10-3-2-4-10)14(16)15-13-7-12(13)11-5-6-17-8-11/h5-6,8-10,12-13H,2-4,7H2,1H3,(H,15,16)/t9?,12-,13+/m0/s1. The van der Waals surface area contributed by atoms with Crippen molar-refractivity contribution >= 4 is 17.2 Å². The Morgan fingerprint density at radius 1 is 1.53 bits per heavy atom. The largest absolute Gasteiger partial charge is 0.352 e. The molecular formula is C14H19NOS. The van der Waals surface area contributed by atoms with E-state index < -0.39 is 0 Å². The molecule has 17 heavy (non-hydrogen) atoms. The van der Waals surface area contributed by atoms with Crippen molar-refractivity contribution in [3.05, 3.63) is 22.4 Å². The summed E-state index contributed by atoms with van der Waals surface area (Å²) in [5, 5.41) is 7.52. The molecule has 0 aliphatic heterocycles. The number of amides is 1. The van der Waals surface area contributed by atoms with E-state index in [-0.39, 0.29) is 11.8 Å². The van der Waals surface area contributed by atoms with Crippen molar-refractivity contribution in [2.75, 3.05) is 0 Å². The Hall–Kier alpha value is -0.830. The van der Waals surface area contributed by atoms with E-state index in [0.29, 0.717) is 17.9 Å². The van der Waals surface area contributed by atoms with Crippen molar-refractivity contribution in [2.24, 2.45) is 11.8 Å². The van der Waals surface area contributed by atoms with E-state index in [1.165, 1.54) is 24.8 Å². The number of carbonyl (C=O) groups excluding carboxylic acids is 1. The van der Waals surface area contributed by atoms with Gasteiger partial charge in [-0.2, -0.15) is 11.3 Å². The first-order valence-electron chi connectivity index (χ1n) is 6.58. The number of hydrogen-bond donors (Lipinski definition) is 1. The Kier molecular flexibility index (Phi) is 2.95. The topological polar surface area (TPSA) is 29.1 Å². The lowest BCUT2D eigenvalue weighted by molar-refractivity contribution is -0.127. The Labute approximate surface area is 106 Å². The summed E-state index contributed by atoms with van der Waals surface area (Å²) in [4.78, 5) is 12.0. The highest BCUT2D eigenvalue weighted by atomic mass is 32.1. The van der Waals surface area contributed by atoms with Gasteiger partial charge in [0.05, 0.1) is 0 Å². The quantitative estimate of drug-likeness (QED) is 0.872. The molecule has 2 nitrogen and oxygen atoms in total. The monoisotopic (exact) mass is 249 g/mol. The Morgan fingerprint density at radius 2 is 2.35 bits per heavy atom. The maximum Gasteiger partial charge on any atom is 0.223 e. The number of carbonyl (C=O) groups is 1. The van der Waals surface area contributed by atoms with Crippen LogP contribution in [0, 0.1) is 11.8 Å². The Balaban J connectivity index is 1.50. The molecule has 3 heteroatoms. The maximum absolute atomic E-state index is 12.0. The summed E-state index contributed by atoms with van der Waals surface area (Å²) < 4.78 is 0. The van der Waals surface area contributed by atoms with Crippen molar-refractivity contribution in [2.45, 2.75) is 44.6 Å². The zero-order chi connectivity index (χ0) is 11.8. The normalized spacial score (nSPS) is 29.5. The van der Waals surface area contributed by atoms with Crippen LogP contribution in [0.1, 0.15) is 44.1 Å². The summed E-state index contributed by atoms with van der Waals surface area (Å²) in [7, 11) is 0.